The van der Waals surface area contributed by atoms with Crippen molar-refractivity contribution in [2.75, 3.05) is 0 Å². The van der Waals surface area contributed by atoms with E-state index in [2.05, 4.69) is 37.0 Å². The van der Waals surface area contributed by atoms with Crippen LogP contribution in [0.5, 0.6) is 0 Å². The molecule has 0 N–H and O–H groups in total. The van der Waals surface area contributed by atoms with Crippen LogP contribution in [-0.4, -0.2) is 10.2 Å². The Balaban J connectivity index is 2.48. The highest BCUT2D eigenvalue weighted by atomic mass is 32.2. The van der Waals surface area contributed by atoms with Gasteiger partial charge in [-0.05, 0) is 12.1 Å². The van der Waals surface area contributed by atoms with Gasteiger partial charge in [0, 0.05) is 10.1 Å². The van der Waals surface area contributed by atoms with Crippen LogP contribution in [0.4, 0.5) is 0 Å². The second-order valence-corrected chi connectivity index (χ2v) is 5.60. The summed E-state index contributed by atoms with van der Waals surface area (Å²) in [7, 11) is 0. The Hall–Kier alpha value is -0.540. The number of nitrogens with zero attached hydrogens (tertiary/aromatic N) is 1. The minimum absolute atomic E-state index is 0.632. The van der Waals surface area contributed by atoms with Crippen LogP contribution in [0, 0.1) is 0 Å². The van der Waals surface area contributed by atoms with Gasteiger partial charge in [-0.1, -0.05) is 19.9 Å². The van der Waals surface area contributed by atoms with Crippen molar-refractivity contribution in [2.24, 2.45) is 0 Å². The van der Waals surface area contributed by atoms with E-state index in [0.717, 1.165) is 5.52 Å². The zero-order chi connectivity index (χ0) is 9.26. The molecule has 68 valence electrons. The molecule has 0 aliphatic heterocycles. The van der Waals surface area contributed by atoms with Gasteiger partial charge in [0.05, 0.1) is 15.7 Å². The molecule has 2 aromatic rings. The third kappa shape index (κ3) is 1.86. The van der Waals surface area contributed by atoms with Crippen molar-refractivity contribution >= 4 is 33.3 Å². The Morgan fingerprint density at radius 3 is 3.00 bits per heavy atom. The number of thiazole rings is 1. The second kappa shape index (κ2) is 3.68. The van der Waals surface area contributed by atoms with E-state index in [1.807, 2.05) is 17.3 Å². The number of hydrogen-bond acceptors (Lipinski definition) is 3. The molecule has 0 spiro atoms. The van der Waals surface area contributed by atoms with Crippen LogP contribution in [0.25, 0.3) is 10.2 Å². The summed E-state index contributed by atoms with van der Waals surface area (Å²) in [5.74, 6) is 0. The molecule has 1 aromatic heterocycles. The molecule has 0 radical (unpaired) electrons. The summed E-state index contributed by atoms with van der Waals surface area (Å²) in [6, 6.07) is 6.31. The van der Waals surface area contributed by atoms with Gasteiger partial charge in [0.25, 0.3) is 0 Å². The van der Waals surface area contributed by atoms with Crippen LogP contribution < -0.4 is 0 Å². The van der Waals surface area contributed by atoms with Crippen molar-refractivity contribution in [1.82, 2.24) is 4.98 Å². The summed E-state index contributed by atoms with van der Waals surface area (Å²) in [6.45, 7) is 4.43. The number of benzene rings is 1. The molecule has 2 rings (SSSR count). The summed E-state index contributed by atoms with van der Waals surface area (Å²) < 4.78 is 1.32. The highest BCUT2D eigenvalue weighted by Gasteiger charge is 2.04. The lowest BCUT2D eigenvalue weighted by Gasteiger charge is -2.04. The fourth-order valence-corrected chi connectivity index (χ4v) is 3.07. The fourth-order valence-electron chi connectivity index (χ4n) is 1.21. The number of aromatic nitrogens is 1. The van der Waals surface area contributed by atoms with Crippen molar-refractivity contribution < 1.29 is 0 Å². The average Bonchev–Trinajstić information content (AvgIpc) is 2.51. The third-order valence-electron chi connectivity index (χ3n) is 1.68. The maximum absolute atomic E-state index is 4.29. The van der Waals surface area contributed by atoms with Gasteiger partial charge in [0.1, 0.15) is 0 Å². The second-order valence-electron chi connectivity index (χ2n) is 3.12. The standard InChI is InChI=1S/C10H11NS2/c1-7(2)13-9-5-3-4-8-10(9)12-6-11-8/h3-7H,1-2H3. The Bertz CT molecular complexity index is 406. The smallest absolute Gasteiger partial charge is 0.0823 e. The fraction of sp³-hybridized carbons (Fsp3) is 0.300. The molecule has 1 nitrogen and oxygen atoms in total. The van der Waals surface area contributed by atoms with Gasteiger partial charge in [-0.15, -0.1) is 23.1 Å². The SMILES string of the molecule is CC(C)Sc1cccc2ncsc12. The quantitative estimate of drug-likeness (QED) is 0.698. The Morgan fingerprint density at radius 2 is 2.23 bits per heavy atom. The van der Waals surface area contributed by atoms with Crippen LogP contribution in [-0.2, 0) is 0 Å². The normalized spacial score (nSPS) is 11.3. The van der Waals surface area contributed by atoms with E-state index in [1.165, 1.54) is 9.60 Å². The summed E-state index contributed by atoms with van der Waals surface area (Å²) in [5.41, 5.74) is 3.03. The monoisotopic (exact) mass is 209 g/mol. The molecule has 13 heavy (non-hydrogen) atoms. The van der Waals surface area contributed by atoms with E-state index in [1.54, 1.807) is 11.3 Å². The summed E-state index contributed by atoms with van der Waals surface area (Å²) in [6.07, 6.45) is 0. The minimum Gasteiger partial charge on any atom is -0.245 e. The molecular formula is C10H11NS2. The van der Waals surface area contributed by atoms with E-state index in [-0.39, 0.29) is 0 Å². The van der Waals surface area contributed by atoms with Crippen molar-refractivity contribution in [3.8, 4) is 0 Å². The van der Waals surface area contributed by atoms with Gasteiger partial charge >= 0.3 is 0 Å². The molecule has 0 unspecified atom stereocenters. The third-order valence-corrected chi connectivity index (χ3v) is 3.75. The van der Waals surface area contributed by atoms with E-state index in [9.17, 15) is 0 Å². The molecule has 0 fully saturated rings. The molecule has 0 aliphatic carbocycles. The van der Waals surface area contributed by atoms with Crippen LogP contribution >= 0.6 is 23.1 Å². The van der Waals surface area contributed by atoms with E-state index < -0.39 is 0 Å². The average molecular weight is 209 g/mol. The van der Waals surface area contributed by atoms with Gasteiger partial charge in [-0.2, -0.15) is 0 Å². The molecule has 1 aromatic carbocycles. The highest BCUT2D eigenvalue weighted by molar-refractivity contribution is 8.00. The predicted molar refractivity (Wildman–Crippen MR) is 60.6 cm³/mol. The first-order valence-corrected chi connectivity index (χ1v) is 6.02. The highest BCUT2D eigenvalue weighted by Crippen LogP contribution is 2.32. The van der Waals surface area contributed by atoms with E-state index in [0.29, 0.717) is 5.25 Å². The van der Waals surface area contributed by atoms with Gasteiger partial charge < -0.3 is 0 Å². The molecule has 0 amide bonds. The molecular weight excluding hydrogens is 198 g/mol. The topological polar surface area (TPSA) is 12.9 Å². The summed E-state index contributed by atoms with van der Waals surface area (Å²) >= 11 is 3.63. The first-order valence-electron chi connectivity index (χ1n) is 4.26. The summed E-state index contributed by atoms with van der Waals surface area (Å²) in [5, 5.41) is 0.632. The van der Waals surface area contributed by atoms with Crippen molar-refractivity contribution in [1.29, 1.82) is 0 Å². The van der Waals surface area contributed by atoms with Gasteiger partial charge in [0.2, 0.25) is 0 Å². The number of thioether (sulfide) groups is 1. The van der Waals surface area contributed by atoms with Crippen LogP contribution in [0.1, 0.15) is 13.8 Å². The Labute approximate surface area is 86.2 Å². The lowest BCUT2D eigenvalue weighted by molar-refractivity contribution is 1.11. The first kappa shape index (κ1) is 9.03. The van der Waals surface area contributed by atoms with Crippen molar-refractivity contribution in [2.45, 2.75) is 24.0 Å². The molecule has 0 atom stereocenters. The Kier molecular flexibility index (Phi) is 2.56. The molecule has 0 saturated heterocycles. The largest absolute Gasteiger partial charge is 0.245 e. The van der Waals surface area contributed by atoms with E-state index >= 15 is 0 Å². The van der Waals surface area contributed by atoms with Crippen LogP contribution in [0.3, 0.4) is 0 Å². The number of rotatable bonds is 2. The van der Waals surface area contributed by atoms with Gasteiger partial charge in [-0.25, -0.2) is 4.98 Å². The molecule has 1 heterocycles. The molecule has 0 bridgehead atoms. The lowest BCUT2D eigenvalue weighted by atomic mass is 10.3. The van der Waals surface area contributed by atoms with Crippen molar-refractivity contribution in [3.05, 3.63) is 23.7 Å². The van der Waals surface area contributed by atoms with Crippen LogP contribution in [0.15, 0.2) is 28.6 Å². The summed E-state index contributed by atoms with van der Waals surface area (Å²) in [4.78, 5) is 5.65. The molecule has 0 saturated carbocycles. The maximum atomic E-state index is 4.29. The zero-order valence-corrected chi connectivity index (χ0v) is 9.28. The Morgan fingerprint density at radius 1 is 1.38 bits per heavy atom. The molecule has 3 heteroatoms. The van der Waals surface area contributed by atoms with E-state index in [4.69, 9.17) is 0 Å². The maximum Gasteiger partial charge on any atom is 0.0823 e. The molecule has 0 aliphatic rings. The predicted octanol–water partition coefficient (Wildman–Crippen LogP) is 3.80. The minimum atomic E-state index is 0.632. The number of hydrogen-bond donors (Lipinski definition) is 0. The first-order chi connectivity index (χ1) is 6.27. The van der Waals surface area contributed by atoms with Gasteiger partial charge in [0.15, 0.2) is 0 Å². The lowest BCUT2D eigenvalue weighted by Crippen LogP contribution is -1.85. The van der Waals surface area contributed by atoms with Gasteiger partial charge in [-0.3, -0.25) is 0 Å². The van der Waals surface area contributed by atoms with Crippen LogP contribution in [0.2, 0.25) is 0 Å². The van der Waals surface area contributed by atoms with Crippen molar-refractivity contribution in [3.63, 3.8) is 0 Å². The number of fused-ring (bicyclic) bond motifs is 1. The zero-order valence-electron chi connectivity index (χ0n) is 7.65.